The average Bonchev–Trinajstić information content (AvgIpc) is 1.64. The first-order valence-electron chi connectivity index (χ1n) is 39.5. The fourth-order valence-electron chi connectivity index (χ4n) is 14.0. The van der Waals surface area contributed by atoms with E-state index in [2.05, 4.69) is 117 Å². The number of rotatable bonds is 24. The van der Waals surface area contributed by atoms with E-state index in [1.54, 1.807) is 110 Å². The largest absolute Gasteiger partial charge is 0.483 e. The molecule has 15 heterocycles. The van der Waals surface area contributed by atoms with Crippen molar-refractivity contribution in [3.63, 3.8) is 0 Å². The van der Waals surface area contributed by atoms with Crippen LogP contribution >= 0.6 is 45.3 Å². The van der Waals surface area contributed by atoms with Gasteiger partial charge in [0.15, 0.2) is 11.6 Å². The van der Waals surface area contributed by atoms with Crippen LogP contribution in [0.2, 0.25) is 0 Å². The lowest BCUT2D eigenvalue weighted by Crippen LogP contribution is -2.35. The number of nitrogens with one attached hydrogen (secondary N) is 8. The number of H-pyrrole nitrogens is 4. The number of pyridine rings is 2. The quantitative estimate of drug-likeness (QED) is 0.0198. The van der Waals surface area contributed by atoms with E-state index in [0.29, 0.717) is 99.3 Å². The van der Waals surface area contributed by atoms with Crippen molar-refractivity contribution in [2.75, 3.05) is 54.3 Å². The third-order valence-electron chi connectivity index (χ3n) is 20.4. The molecule has 41 nitrogen and oxygen atoms in total. The number of ether oxygens (including phenoxy) is 5. The van der Waals surface area contributed by atoms with Crippen molar-refractivity contribution >= 4 is 116 Å². The highest BCUT2D eigenvalue weighted by Gasteiger charge is 2.42. The molecule has 4 aliphatic carbocycles. The summed E-state index contributed by atoms with van der Waals surface area (Å²) < 4.78 is 50.3. The van der Waals surface area contributed by atoms with E-state index in [0.717, 1.165) is 91.5 Å². The summed E-state index contributed by atoms with van der Waals surface area (Å²) in [4.78, 5) is 101. The molecule has 1 spiro atoms. The number of aromatic nitrogens is 22. The Labute approximate surface area is 731 Å². The standard InChI is InChI=1S/C23H22FN7O3S.C21H21N7O2S.2C17H17N7O2S.2CH2O2/c24-16-2-1-7-25-19(16)20-17(28-21(32)18-13-35-22(29-18)14-10-26-27-11-14)12-31(30-20)15-3-5-23(6-4-15)33-8-9-34-23;1-2-30-15-7-14(8-15)28-11-17(19(27-28)16-5-3-4-6-22-16)25-20(29)18-12-31-21(26-18)13-9-23-24-10-13;2*1-3-26-12-4-11(5-12)24-8-13(15(18-2)23-24)21-16(25)14-9-27-17(22-14)10-6-19-20-7-10;2*2-1-3/h1-2,7,10-13,15H,3-6,8-9H2,(H,26,27)(H,28,32);3-6,9-12,14-15H,2,7-8H2,1H3,(H,23,24)(H,25,29);2*6-9,11-12H,3-5H2,1H3,(H,19,20)(H,21,25);2*1H,(H,2,3). The first-order chi connectivity index (χ1) is 61.5. The molecule has 14 aromatic heterocycles. The Bertz CT molecular complexity index is 5850. The number of carbonyl (C=O) groups is 6. The molecule has 10 N–H and O–H groups in total. The normalized spacial score (nSPS) is 17.5. The van der Waals surface area contributed by atoms with E-state index in [9.17, 15) is 23.6 Å². The van der Waals surface area contributed by atoms with Crippen molar-refractivity contribution in [1.82, 2.24) is 110 Å². The number of anilines is 4. The molecule has 0 radical (unpaired) electrons. The fourth-order valence-corrected chi connectivity index (χ4v) is 17.1. The fraction of sp³-hybridized carbons (Fsp3) is 0.325. The van der Waals surface area contributed by atoms with Gasteiger partial charge in [0.05, 0.1) is 121 Å². The average molecular weight is 1790 g/mol. The molecule has 650 valence electrons. The van der Waals surface area contributed by atoms with Gasteiger partial charge in [-0.1, -0.05) is 19.2 Å². The lowest BCUT2D eigenvalue weighted by atomic mass is 9.89. The molecule has 1 aliphatic heterocycles. The third kappa shape index (κ3) is 21.4. The maximum atomic E-state index is 14.7. The maximum absolute atomic E-state index is 14.7. The van der Waals surface area contributed by atoms with Gasteiger partial charge in [0, 0.05) is 126 Å². The summed E-state index contributed by atoms with van der Waals surface area (Å²) >= 11 is 5.45. The summed E-state index contributed by atoms with van der Waals surface area (Å²) in [5.41, 5.74) is 7.94. The first kappa shape index (κ1) is 88.3. The molecule has 14 aromatic rings. The number of carbonyl (C=O) groups excluding carboxylic acids is 4. The molecule has 0 aromatic carbocycles. The van der Waals surface area contributed by atoms with Gasteiger partial charge < -0.3 is 64.9 Å². The molecule has 4 saturated carbocycles. The zero-order valence-electron chi connectivity index (χ0n) is 67.4. The second-order valence-corrected chi connectivity index (χ2v) is 31.7. The number of thiazole rings is 4. The minimum absolute atomic E-state index is 0.0663. The number of hydrogen-bond donors (Lipinski definition) is 10. The van der Waals surface area contributed by atoms with Crippen LogP contribution in [0, 0.1) is 19.0 Å². The van der Waals surface area contributed by atoms with Gasteiger partial charge in [-0.05, 0) is 107 Å². The lowest BCUT2D eigenvalue weighted by molar-refractivity contribution is -0.181. The molecule has 0 atom stereocenters. The molecule has 46 heteroatoms. The molecular formula is C80H81FN28O13S4. The van der Waals surface area contributed by atoms with Crippen LogP contribution in [0.5, 0.6) is 0 Å². The van der Waals surface area contributed by atoms with Crippen molar-refractivity contribution < 1.29 is 67.1 Å². The van der Waals surface area contributed by atoms with Crippen LogP contribution in [0.25, 0.3) is 74.8 Å². The van der Waals surface area contributed by atoms with E-state index < -0.39 is 17.5 Å². The third-order valence-corrected chi connectivity index (χ3v) is 23.9. The van der Waals surface area contributed by atoms with Crippen LogP contribution in [-0.4, -0.2) is 214 Å². The summed E-state index contributed by atoms with van der Waals surface area (Å²) in [5, 5.41) is 79.2. The summed E-state index contributed by atoms with van der Waals surface area (Å²) in [6.45, 7) is 23.4. The molecule has 126 heavy (non-hydrogen) atoms. The molecule has 1 saturated heterocycles. The minimum atomic E-state index is -0.514. The van der Waals surface area contributed by atoms with Gasteiger partial charge in [0.25, 0.3) is 36.6 Å². The minimum Gasteiger partial charge on any atom is -0.483 e. The van der Waals surface area contributed by atoms with Crippen molar-refractivity contribution in [2.24, 2.45) is 0 Å². The zero-order chi connectivity index (χ0) is 88.1. The highest BCUT2D eigenvalue weighted by molar-refractivity contribution is 7.14. The van der Waals surface area contributed by atoms with Crippen LogP contribution in [0.15, 0.2) is 139 Å². The molecule has 4 amide bonds. The molecule has 5 fully saturated rings. The summed E-state index contributed by atoms with van der Waals surface area (Å²) in [7, 11) is 0. The Balaban J connectivity index is 0.000000134. The Kier molecular flexibility index (Phi) is 29.4. The number of aromatic amines is 4. The lowest BCUT2D eigenvalue weighted by Gasteiger charge is -2.35. The van der Waals surface area contributed by atoms with E-state index >= 15 is 0 Å². The maximum Gasteiger partial charge on any atom is 0.318 e. The van der Waals surface area contributed by atoms with Crippen LogP contribution < -0.4 is 21.3 Å². The summed E-state index contributed by atoms with van der Waals surface area (Å²) in [6, 6.07) is 9.18. The second kappa shape index (κ2) is 41.9. The molecule has 0 bridgehead atoms. The highest BCUT2D eigenvalue weighted by Crippen LogP contribution is 2.44. The van der Waals surface area contributed by atoms with Crippen molar-refractivity contribution in [3.8, 4) is 65.1 Å². The Morgan fingerprint density at radius 3 is 1.20 bits per heavy atom. The van der Waals surface area contributed by atoms with Crippen LogP contribution in [0.1, 0.15) is 151 Å². The predicted molar refractivity (Wildman–Crippen MR) is 459 cm³/mol. The Hall–Kier alpha value is -14.0. The highest BCUT2D eigenvalue weighted by atomic mass is 32.1. The van der Waals surface area contributed by atoms with Gasteiger partial charge in [-0.3, -0.25) is 68.5 Å². The van der Waals surface area contributed by atoms with Gasteiger partial charge >= 0.3 is 11.6 Å². The van der Waals surface area contributed by atoms with E-state index in [-0.39, 0.29) is 102 Å². The van der Waals surface area contributed by atoms with Crippen molar-refractivity contribution in [1.29, 1.82) is 0 Å². The number of hydrogen-bond acceptors (Lipinski definition) is 29. The summed E-state index contributed by atoms with van der Waals surface area (Å²) in [6.07, 6.45) is 32.9. The topological polar surface area (TPSA) is 509 Å². The number of nitrogens with zero attached hydrogens (tertiary/aromatic N) is 20. The van der Waals surface area contributed by atoms with Crippen LogP contribution in [-0.2, 0) is 33.3 Å². The van der Waals surface area contributed by atoms with E-state index in [4.69, 9.17) is 61.7 Å². The monoisotopic (exact) mass is 1790 g/mol. The van der Waals surface area contributed by atoms with Gasteiger partial charge in [0.2, 0.25) is 0 Å². The van der Waals surface area contributed by atoms with E-state index in [1.807, 2.05) is 49.8 Å². The molecule has 19 rings (SSSR count). The second-order valence-electron chi connectivity index (χ2n) is 28.3. The number of carboxylic acid groups (broad SMARTS) is 2. The Morgan fingerprint density at radius 2 is 0.849 bits per heavy atom. The summed E-state index contributed by atoms with van der Waals surface area (Å²) in [5.74, 6) is -2.10. The van der Waals surface area contributed by atoms with Gasteiger partial charge in [-0.2, -0.15) is 40.0 Å². The van der Waals surface area contributed by atoms with Gasteiger partial charge in [0.1, 0.15) is 59.9 Å². The molecule has 5 aliphatic rings. The predicted octanol–water partition coefficient (Wildman–Crippen LogP) is 13.8. The van der Waals surface area contributed by atoms with Gasteiger partial charge in [-0.15, -0.1) is 45.3 Å². The Morgan fingerprint density at radius 1 is 0.500 bits per heavy atom. The van der Waals surface area contributed by atoms with E-state index in [1.165, 1.54) is 63.7 Å². The smallest absolute Gasteiger partial charge is 0.318 e. The first-order valence-corrected chi connectivity index (χ1v) is 43.0. The molecule has 0 unspecified atom stereocenters. The number of amides is 4. The van der Waals surface area contributed by atoms with Crippen LogP contribution in [0.3, 0.4) is 0 Å². The number of halogens is 1. The van der Waals surface area contributed by atoms with Crippen molar-refractivity contribution in [2.45, 2.75) is 133 Å². The van der Waals surface area contributed by atoms with Gasteiger partial charge in [-0.25, -0.2) is 24.3 Å². The van der Waals surface area contributed by atoms with Crippen molar-refractivity contribution in [3.05, 3.63) is 190 Å². The van der Waals surface area contributed by atoms with Crippen LogP contribution in [0.4, 0.5) is 38.8 Å². The molecular weight excluding hydrogens is 1710 g/mol. The SMILES string of the molecule is CCOC1CC(n2cc(NC(=O)c3csc(-c4cn[nH]c4)n3)c(-c3ccccn3)n2)C1.O=C(Nc1cn(C2CCC3(CC2)OCCO3)nc1-c1ncccc1F)c1csc(-c2cn[nH]c2)n1.O=CO.O=CO.[C-]#[N+]c1nn(C2CC(OCC)C2)cc1NC(=O)c1csc(-c2cn[nH]c2)n1.[C-]#[N+]c1nn(C2CC(OCC)C2)cc1NC(=O)c1csc(-c2cn[nH]c2)n1. The zero-order valence-corrected chi connectivity index (χ0v) is 70.7.